The summed E-state index contributed by atoms with van der Waals surface area (Å²) in [6, 6.07) is 9.69. The molecule has 1 aliphatic heterocycles. The Bertz CT molecular complexity index is 1330. The Morgan fingerprint density at radius 2 is 1.67 bits per heavy atom. The fraction of sp³-hybridized carbons (Fsp3) is 0.318. The molecular weight excluding hydrogens is 511 g/mol. The van der Waals surface area contributed by atoms with Gasteiger partial charge >= 0.3 is 18.6 Å². The number of carbonyl (C=O) groups excluding carboxylic acids is 1. The number of aromatic nitrogens is 2. The molecule has 192 valence electrons. The Kier molecular flexibility index (Phi) is 6.98. The van der Waals surface area contributed by atoms with Gasteiger partial charge in [-0.3, -0.25) is 4.90 Å². The van der Waals surface area contributed by atoms with E-state index in [1.807, 2.05) is 0 Å². The van der Waals surface area contributed by atoms with Gasteiger partial charge in [-0.05, 0) is 29.8 Å². The Labute approximate surface area is 202 Å². The zero-order valence-corrected chi connectivity index (χ0v) is 19.3. The Hall–Kier alpha value is -3.55. The second-order valence-corrected chi connectivity index (χ2v) is 10.3. The molecule has 0 radical (unpaired) electrons. The van der Waals surface area contributed by atoms with Gasteiger partial charge in [-0.2, -0.15) is 22.0 Å². The predicted octanol–water partition coefficient (Wildman–Crippen LogP) is 4.55. The van der Waals surface area contributed by atoms with Crippen LogP contribution >= 0.6 is 0 Å². The topological polar surface area (TPSA) is 96.6 Å². The van der Waals surface area contributed by atoms with Crippen LogP contribution < -0.4 is 4.90 Å². The number of para-hydroxylation sites is 1. The number of anilines is 1. The zero-order valence-electron chi connectivity index (χ0n) is 18.5. The van der Waals surface area contributed by atoms with Gasteiger partial charge in [0, 0.05) is 18.7 Å². The van der Waals surface area contributed by atoms with Crippen molar-refractivity contribution in [3.05, 3.63) is 65.5 Å². The van der Waals surface area contributed by atoms with E-state index in [0.717, 1.165) is 11.0 Å². The lowest BCUT2D eigenvalue weighted by atomic mass is 10.1. The summed E-state index contributed by atoms with van der Waals surface area (Å²) in [7, 11) is -3.32. The smallest absolute Gasteiger partial charge is 0.415 e. The molecule has 1 fully saturated rings. The van der Waals surface area contributed by atoms with Crippen molar-refractivity contribution in [2.75, 3.05) is 29.5 Å². The summed E-state index contributed by atoms with van der Waals surface area (Å²) >= 11 is 0. The molecule has 2 aromatic carbocycles. The molecule has 0 atom stereocenters. The Balaban J connectivity index is 1.65. The average molecular weight is 530 g/mol. The van der Waals surface area contributed by atoms with E-state index >= 15 is 0 Å². The number of hydrogen-bond acceptors (Lipinski definition) is 6. The van der Waals surface area contributed by atoms with Crippen LogP contribution in [0.1, 0.15) is 23.4 Å². The number of halogens is 5. The third-order valence-corrected chi connectivity index (χ3v) is 7.12. The highest BCUT2D eigenvalue weighted by Gasteiger charge is 2.37. The van der Waals surface area contributed by atoms with Crippen molar-refractivity contribution in [1.29, 1.82) is 0 Å². The molecule has 2 heterocycles. The predicted molar refractivity (Wildman–Crippen MR) is 118 cm³/mol. The van der Waals surface area contributed by atoms with Crippen LogP contribution in [0, 0.1) is 0 Å². The minimum absolute atomic E-state index is 0.144. The van der Waals surface area contributed by atoms with Gasteiger partial charge in [0.2, 0.25) is 5.89 Å². The van der Waals surface area contributed by atoms with Gasteiger partial charge in [0.25, 0.3) is 5.89 Å². The van der Waals surface area contributed by atoms with Gasteiger partial charge in [-0.1, -0.05) is 24.3 Å². The summed E-state index contributed by atoms with van der Waals surface area (Å²) in [5.74, 6) is -1.58. The SMILES string of the molecule is O=C(N1CCS(=O)(=O)CC1)N(Cc1ccc(-c2nnc(C(F)F)o2)cc1)c1ccccc1C(F)(F)F. The molecule has 14 heteroatoms. The number of urea groups is 1. The van der Waals surface area contributed by atoms with E-state index in [1.54, 1.807) is 0 Å². The van der Waals surface area contributed by atoms with Gasteiger partial charge in [0.05, 0.1) is 29.3 Å². The molecule has 0 saturated carbocycles. The number of benzene rings is 2. The fourth-order valence-electron chi connectivity index (χ4n) is 3.65. The fourth-order valence-corrected chi connectivity index (χ4v) is 4.85. The number of nitrogens with zero attached hydrogens (tertiary/aromatic N) is 4. The average Bonchev–Trinajstić information content (AvgIpc) is 3.33. The molecule has 0 N–H and O–H groups in total. The zero-order chi connectivity index (χ0) is 26.1. The first kappa shape index (κ1) is 25.5. The summed E-state index contributed by atoms with van der Waals surface area (Å²) in [5, 5.41) is 6.79. The first-order chi connectivity index (χ1) is 16.9. The van der Waals surface area contributed by atoms with Crippen LogP contribution in [0.5, 0.6) is 0 Å². The molecule has 2 amide bonds. The lowest BCUT2D eigenvalue weighted by Gasteiger charge is -2.34. The second kappa shape index (κ2) is 9.84. The van der Waals surface area contributed by atoms with E-state index in [0.29, 0.717) is 11.1 Å². The molecule has 0 spiro atoms. The monoisotopic (exact) mass is 530 g/mol. The number of carbonyl (C=O) groups is 1. The van der Waals surface area contributed by atoms with Gasteiger partial charge in [-0.15, -0.1) is 10.2 Å². The van der Waals surface area contributed by atoms with Crippen molar-refractivity contribution in [3.8, 4) is 11.5 Å². The van der Waals surface area contributed by atoms with Crippen molar-refractivity contribution in [1.82, 2.24) is 15.1 Å². The standard InChI is InChI=1S/C22H19F5N4O4S/c23-18(24)20-29-28-19(35-20)15-7-5-14(6-8-15)13-31(17-4-2-1-3-16(17)22(25,26)27)21(32)30-9-11-36(33,34)12-10-30/h1-8,18H,9-13H2. The largest absolute Gasteiger partial charge is 0.418 e. The minimum Gasteiger partial charge on any atom is -0.415 e. The van der Waals surface area contributed by atoms with Crippen molar-refractivity contribution < 1.29 is 39.6 Å². The van der Waals surface area contributed by atoms with E-state index in [1.165, 1.54) is 47.4 Å². The third-order valence-electron chi connectivity index (χ3n) is 5.51. The van der Waals surface area contributed by atoms with Crippen molar-refractivity contribution in [2.24, 2.45) is 0 Å². The molecule has 1 aliphatic rings. The van der Waals surface area contributed by atoms with Gasteiger partial charge < -0.3 is 9.32 Å². The van der Waals surface area contributed by atoms with Gasteiger partial charge in [0.15, 0.2) is 9.84 Å². The van der Waals surface area contributed by atoms with Crippen LogP contribution in [0.15, 0.2) is 52.9 Å². The van der Waals surface area contributed by atoms with E-state index in [4.69, 9.17) is 4.42 Å². The highest BCUT2D eigenvalue weighted by molar-refractivity contribution is 7.91. The van der Waals surface area contributed by atoms with Crippen LogP contribution in [0.25, 0.3) is 11.5 Å². The molecule has 0 aliphatic carbocycles. The van der Waals surface area contributed by atoms with Crippen LogP contribution in [0.3, 0.4) is 0 Å². The molecule has 1 aromatic heterocycles. The van der Waals surface area contributed by atoms with E-state index in [2.05, 4.69) is 10.2 Å². The molecule has 36 heavy (non-hydrogen) atoms. The summed E-state index contributed by atoms with van der Waals surface area (Å²) in [5.41, 5.74) is -0.689. The summed E-state index contributed by atoms with van der Waals surface area (Å²) < 4.78 is 95.1. The Morgan fingerprint density at radius 3 is 2.25 bits per heavy atom. The normalized spacial score (nSPS) is 15.8. The van der Waals surface area contributed by atoms with Gasteiger partial charge in [-0.25, -0.2) is 13.2 Å². The molecule has 0 unspecified atom stereocenters. The van der Waals surface area contributed by atoms with Crippen LogP contribution in [0.2, 0.25) is 0 Å². The summed E-state index contributed by atoms with van der Waals surface area (Å²) in [6.07, 6.45) is -7.69. The third kappa shape index (κ3) is 5.64. The van der Waals surface area contributed by atoms with Crippen LogP contribution in [-0.4, -0.2) is 54.1 Å². The van der Waals surface area contributed by atoms with Crippen molar-refractivity contribution in [2.45, 2.75) is 19.1 Å². The molecule has 8 nitrogen and oxygen atoms in total. The Morgan fingerprint density at radius 1 is 1.03 bits per heavy atom. The number of sulfone groups is 1. The van der Waals surface area contributed by atoms with E-state index in [-0.39, 0.29) is 42.7 Å². The summed E-state index contributed by atoms with van der Waals surface area (Å²) in [6.45, 7) is -0.565. The maximum atomic E-state index is 13.7. The molecular formula is C22H19F5N4O4S. The van der Waals surface area contributed by atoms with E-state index < -0.39 is 39.9 Å². The van der Waals surface area contributed by atoms with Crippen LogP contribution in [-0.2, 0) is 22.6 Å². The maximum Gasteiger partial charge on any atom is 0.418 e. The lowest BCUT2D eigenvalue weighted by Crippen LogP contribution is -2.50. The highest BCUT2D eigenvalue weighted by Crippen LogP contribution is 2.37. The van der Waals surface area contributed by atoms with Gasteiger partial charge in [0.1, 0.15) is 0 Å². The molecule has 4 rings (SSSR count). The number of rotatable bonds is 5. The lowest BCUT2D eigenvalue weighted by molar-refractivity contribution is -0.137. The first-order valence-electron chi connectivity index (χ1n) is 10.6. The van der Waals surface area contributed by atoms with E-state index in [9.17, 15) is 35.2 Å². The quantitative estimate of drug-likeness (QED) is 0.449. The maximum absolute atomic E-state index is 13.7. The van der Waals surface area contributed by atoms with Crippen molar-refractivity contribution in [3.63, 3.8) is 0 Å². The second-order valence-electron chi connectivity index (χ2n) is 7.97. The molecule has 0 bridgehead atoms. The molecule has 1 saturated heterocycles. The minimum atomic E-state index is -4.75. The number of amides is 2. The van der Waals surface area contributed by atoms with Crippen molar-refractivity contribution >= 4 is 21.6 Å². The van der Waals surface area contributed by atoms with Crippen LogP contribution in [0.4, 0.5) is 32.4 Å². The highest BCUT2D eigenvalue weighted by atomic mass is 32.2. The number of hydrogen-bond donors (Lipinski definition) is 0. The number of alkyl halides is 5. The summed E-state index contributed by atoms with van der Waals surface area (Å²) in [4.78, 5) is 15.5. The molecule has 3 aromatic rings. The first-order valence-corrected chi connectivity index (χ1v) is 12.4.